The number of carbonyl (C=O) groups excluding carboxylic acids is 1. The quantitative estimate of drug-likeness (QED) is 0.696. The van der Waals surface area contributed by atoms with Crippen LogP contribution in [0.15, 0.2) is 54.6 Å². The molecule has 132 valence electrons. The summed E-state index contributed by atoms with van der Waals surface area (Å²) in [5.41, 5.74) is 3.36. The Bertz CT molecular complexity index is 921. The molecule has 5 heteroatoms. The number of carbonyl (C=O) groups is 1. The minimum Gasteiger partial charge on any atom is -0.486 e. The van der Waals surface area contributed by atoms with Crippen molar-refractivity contribution in [3.05, 3.63) is 81.3 Å². The summed E-state index contributed by atoms with van der Waals surface area (Å²) in [5.74, 6) is 0.876. The molecule has 1 aromatic heterocycles. The van der Waals surface area contributed by atoms with Gasteiger partial charge in [-0.2, -0.15) is 0 Å². The molecule has 2 aromatic carbocycles. The van der Waals surface area contributed by atoms with E-state index in [1.807, 2.05) is 48.2 Å². The van der Waals surface area contributed by atoms with Crippen molar-refractivity contribution in [1.82, 2.24) is 9.88 Å². The molecule has 0 unspecified atom stereocenters. The summed E-state index contributed by atoms with van der Waals surface area (Å²) in [6, 6.07) is 18.0. The average molecular weight is 364 g/mol. The van der Waals surface area contributed by atoms with Crippen LogP contribution < -0.4 is 4.74 Å². The van der Waals surface area contributed by atoms with Crippen molar-refractivity contribution in [2.24, 2.45) is 0 Å². The SMILES string of the molecule is Cc1nc(COc2ccccc2)sc1C(=O)N1CCc2ccccc2C1. The van der Waals surface area contributed by atoms with E-state index in [1.165, 1.54) is 22.5 Å². The highest BCUT2D eigenvalue weighted by molar-refractivity contribution is 7.13. The van der Waals surface area contributed by atoms with Crippen LogP contribution in [0.3, 0.4) is 0 Å². The van der Waals surface area contributed by atoms with Gasteiger partial charge in [-0.1, -0.05) is 42.5 Å². The number of para-hydroxylation sites is 1. The van der Waals surface area contributed by atoms with E-state index in [-0.39, 0.29) is 5.91 Å². The van der Waals surface area contributed by atoms with E-state index >= 15 is 0 Å². The van der Waals surface area contributed by atoms with E-state index in [2.05, 4.69) is 23.2 Å². The highest BCUT2D eigenvalue weighted by Gasteiger charge is 2.25. The largest absolute Gasteiger partial charge is 0.486 e. The third-order valence-electron chi connectivity index (χ3n) is 4.56. The Morgan fingerprint density at radius 2 is 1.85 bits per heavy atom. The first-order valence-corrected chi connectivity index (χ1v) is 9.52. The Labute approximate surface area is 157 Å². The molecule has 1 amide bonds. The van der Waals surface area contributed by atoms with Gasteiger partial charge in [0.15, 0.2) is 0 Å². The van der Waals surface area contributed by atoms with Crippen LogP contribution in [0, 0.1) is 6.92 Å². The fraction of sp³-hybridized carbons (Fsp3) is 0.238. The lowest BCUT2D eigenvalue weighted by Gasteiger charge is -2.28. The maximum Gasteiger partial charge on any atom is 0.266 e. The summed E-state index contributed by atoms with van der Waals surface area (Å²) < 4.78 is 5.76. The number of hydrogen-bond acceptors (Lipinski definition) is 4. The van der Waals surface area contributed by atoms with Gasteiger partial charge in [-0.25, -0.2) is 4.98 Å². The fourth-order valence-electron chi connectivity index (χ4n) is 3.19. The zero-order valence-corrected chi connectivity index (χ0v) is 15.5. The number of amides is 1. The molecule has 0 saturated heterocycles. The molecule has 0 bridgehead atoms. The number of benzene rings is 2. The van der Waals surface area contributed by atoms with Crippen LogP contribution in [0.5, 0.6) is 5.75 Å². The molecule has 0 radical (unpaired) electrons. The predicted molar refractivity (Wildman–Crippen MR) is 103 cm³/mol. The van der Waals surface area contributed by atoms with E-state index in [4.69, 9.17) is 4.74 Å². The molecule has 0 spiro atoms. The van der Waals surface area contributed by atoms with Crippen LogP contribution in [0.25, 0.3) is 0 Å². The van der Waals surface area contributed by atoms with Crippen LogP contribution >= 0.6 is 11.3 Å². The molecule has 0 saturated carbocycles. The van der Waals surface area contributed by atoms with Gasteiger partial charge in [0.2, 0.25) is 0 Å². The first-order valence-electron chi connectivity index (χ1n) is 8.71. The molecule has 4 nitrogen and oxygen atoms in total. The lowest BCUT2D eigenvalue weighted by atomic mass is 10.00. The maximum absolute atomic E-state index is 13.0. The van der Waals surface area contributed by atoms with Gasteiger partial charge in [-0.3, -0.25) is 4.79 Å². The van der Waals surface area contributed by atoms with Crippen LogP contribution in [-0.2, 0) is 19.6 Å². The zero-order chi connectivity index (χ0) is 17.9. The number of hydrogen-bond donors (Lipinski definition) is 0. The Balaban J connectivity index is 1.46. The number of aryl methyl sites for hydroxylation is 1. The number of fused-ring (bicyclic) bond motifs is 1. The Kier molecular flexibility index (Phi) is 4.71. The van der Waals surface area contributed by atoms with Crippen molar-refractivity contribution in [2.75, 3.05) is 6.54 Å². The summed E-state index contributed by atoms with van der Waals surface area (Å²) in [7, 11) is 0. The minimum absolute atomic E-state index is 0.0699. The summed E-state index contributed by atoms with van der Waals surface area (Å²) in [6.07, 6.45) is 0.906. The second-order valence-electron chi connectivity index (χ2n) is 6.37. The number of rotatable bonds is 4. The fourth-order valence-corrected chi connectivity index (χ4v) is 4.13. The summed E-state index contributed by atoms with van der Waals surface area (Å²) in [6.45, 7) is 3.70. The second-order valence-corrected chi connectivity index (χ2v) is 7.45. The molecular weight excluding hydrogens is 344 g/mol. The smallest absolute Gasteiger partial charge is 0.266 e. The summed E-state index contributed by atoms with van der Waals surface area (Å²) in [5, 5.41) is 0.826. The monoisotopic (exact) mass is 364 g/mol. The highest BCUT2D eigenvalue weighted by atomic mass is 32.1. The number of aromatic nitrogens is 1. The van der Waals surface area contributed by atoms with E-state index in [1.54, 1.807) is 0 Å². The number of ether oxygens (including phenoxy) is 1. The molecule has 1 aliphatic rings. The van der Waals surface area contributed by atoms with Crippen LogP contribution in [0.4, 0.5) is 0 Å². The third kappa shape index (κ3) is 3.48. The molecule has 0 N–H and O–H groups in total. The first-order chi connectivity index (χ1) is 12.7. The standard InChI is InChI=1S/C21H20N2O2S/c1-15-20(26-19(22-15)14-25-18-9-3-2-4-10-18)21(24)23-12-11-16-7-5-6-8-17(16)13-23/h2-10H,11-14H2,1H3. The lowest BCUT2D eigenvalue weighted by molar-refractivity contribution is 0.0738. The first kappa shape index (κ1) is 16.8. The minimum atomic E-state index is 0.0699. The van der Waals surface area contributed by atoms with Gasteiger partial charge < -0.3 is 9.64 Å². The van der Waals surface area contributed by atoms with Crippen molar-refractivity contribution < 1.29 is 9.53 Å². The van der Waals surface area contributed by atoms with Crippen LogP contribution in [0.1, 0.15) is 31.5 Å². The van der Waals surface area contributed by atoms with Gasteiger partial charge in [0.05, 0.1) is 5.69 Å². The predicted octanol–water partition coefficient (Wildman–Crippen LogP) is 4.23. The number of thiazole rings is 1. The van der Waals surface area contributed by atoms with E-state index in [0.29, 0.717) is 13.2 Å². The molecular formula is C21H20N2O2S. The molecule has 0 aliphatic carbocycles. The molecule has 3 aromatic rings. The Hall–Kier alpha value is -2.66. The third-order valence-corrected chi connectivity index (χ3v) is 5.68. The van der Waals surface area contributed by atoms with Gasteiger partial charge in [-0.15, -0.1) is 11.3 Å². The topological polar surface area (TPSA) is 42.4 Å². The normalized spacial score (nSPS) is 13.3. The summed E-state index contributed by atoms with van der Waals surface area (Å²) >= 11 is 1.43. The number of nitrogens with zero attached hydrogens (tertiary/aromatic N) is 2. The molecule has 0 fully saturated rings. The van der Waals surface area contributed by atoms with Gasteiger partial charge in [0.25, 0.3) is 5.91 Å². The lowest BCUT2D eigenvalue weighted by Crippen LogP contribution is -2.35. The van der Waals surface area contributed by atoms with E-state index < -0.39 is 0 Å². The van der Waals surface area contributed by atoms with E-state index in [9.17, 15) is 4.79 Å². The highest BCUT2D eigenvalue weighted by Crippen LogP contribution is 2.25. The summed E-state index contributed by atoms with van der Waals surface area (Å²) in [4.78, 5) is 20.1. The van der Waals surface area contributed by atoms with Gasteiger partial charge in [0, 0.05) is 13.1 Å². The van der Waals surface area contributed by atoms with Gasteiger partial charge >= 0.3 is 0 Å². The molecule has 0 atom stereocenters. The maximum atomic E-state index is 13.0. The zero-order valence-electron chi connectivity index (χ0n) is 14.6. The van der Waals surface area contributed by atoms with Crippen LogP contribution in [-0.4, -0.2) is 22.3 Å². The van der Waals surface area contributed by atoms with Crippen molar-refractivity contribution >= 4 is 17.2 Å². The Morgan fingerprint density at radius 1 is 1.12 bits per heavy atom. The van der Waals surface area contributed by atoms with Gasteiger partial charge in [0.1, 0.15) is 22.2 Å². The van der Waals surface area contributed by atoms with Crippen molar-refractivity contribution in [3.8, 4) is 5.75 Å². The molecule has 26 heavy (non-hydrogen) atoms. The van der Waals surface area contributed by atoms with Gasteiger partial charge in [-0.05, 0) is 36.6 Å². The molecule has 4 rings (SSSR count). The molecule has 1 aliphatic heterocycles. The van der Waals surface area contributed by atoms with E-state index in [0.717, 1.165) is 34.3 Å². The Morgan fingerprint density at radius 3 is 2.65 bits per heavy atom. The van der Waals surface area contributed by atoms with Crippen molar-refractivity contribution in [2.45, 2.75) is 26.5 Å². The van der Waals surface area contributed by atoms with Crippen LogP contribution in [0.2, 0.25) is 0 Å². The second kappa shape index (κ2) is 7.30. The van der Waals surface area contributed by atoms with Crippen molar-refractivity contribution in [3.63, 3.8) is 0 Å². The average Bonchev–Trinajstić information content (AvgIpc) is 3.07. The van der Waals surface area contributed by atoms with Crippen molar-refractivity contribution in [1.29, 1.82) is 0 Å². The molecule has 2 heterocycles.